The number of nitrogens with two attached hydrogens (primary N) is 1. The summed E-state index contributed by atoms with van der Waals surface area (Å²) in [6, 6.07) is 10.8. The summed E-state index contributed by atoms with van der Waals surface area (Å²) in [4.78, 5) is 12.2. The van der Waals surface area contributed by atoms with E-state index < -0.39 is 11.7 Å². The minimum Gasteiger partial charge on any atom is -0.497 e. The number of benzene rings is 2. The molecule has 0 aliphatic heterocycles. The fourth-order valence-electron chi connectivity index (χ4n) is 1.99. The summed E-state index contributed by atoms with van der Waals surface area (Å²) < 4.78 is 18.4. The summed E-state index contributed by atoms with van der Waals surface area (Å²) in [6.07, 6.45) is 0. The first kappa shape index (κ1) is 14.8. The van der Waals surface area contributed by atoms with Crippen LogP contribution in [0.3, 0.4) is 0 Å². The van der Waals surface area contributed by atoms with Crippen molar-refractivity contribution in [1.29, 1.82) is 0 Å². The van der Waals surface area contributed by atoms with Crippen LogP contribution in [-0.2, 0) is 0 Å². The summed E-state index contributed by atoms with van der Waals surface area (Å²) >= 11 is 0. The highest BCUT2D eigenvalue weighted by atomic mass is 19.1. The highest BCUT2D eigenvalue weighted by Crippen LogP contribution is 2.20. The molecule has 110 valence electrons. The second kappa shape index (κ2) is 6.26. The molecule has 0 saturated carbocycles. The molecule has 0 aliphatic rings. The van der Waals surface area contributed by atoms with Crippen molar-refractivity contribution in [2.45, 2.75) is 13.0 Å². The molecule has 1 atom stereocenters. The SMILES string of the molecule is COc1cccc([C@H](C)NC(=O)c2cc(F)ccc2N)c1. The largest absolute Gasteiger partial charge is 0.497 e. The molecule has 0 saturated heterocycles. The zero-order chi connectivity index (χ0) is 15.4. The third-order valence-corrected chi connectivity index (χ3v) is 3.20. The first-order valence-electron chi connectivity index (χ1n) is 6.51. The van der Waals surface area contributed by atoms with Gasteiger partial charge in [0, 0.05) is 5.69 Å². The first-order chi connectivity index (χ1) is 10.0. The third kappa shape index (κ3) is 3.51. The van der Waals surface area contributed by atoms with Crippen molar-refractivity contribution in [3.05, 3.63) is 59.4 Å². The lowest BCUT2D eigenvalue weighted by Crippen LogP contribution is -2.27. The fourth-order valence-corrected chi connectivity index (χ4v) is 1.99. The number of carbonyl (C=O) groups is 1. The van der Waals surface area contributed by atoms with E-state index in [1.807, 2.05) is 31.2 Å². The number of rotatable bonds is 4. The van der Waals surface area contributed by atoms with Crippen LogP contribution >= 0.6 is 0 Å². The van der Waals surface area contributed by atoms with E-state index in [9.17, 15) is 9.18 Å². The summed E-state index contributed by atoms with van der Waals surface area (Å²) in [5, 5.41) is 2.79. The molecule has 0 aliphatic carbocycles. The summed E-state index contributed by atoms with van der Waals surface area (Å²) in [6.45, 7) is 1.84. The van der Waals surface area contributed by atoms with Crippen LogP contribution in [0.2, 0.25) is 0 Å². The minimum absolute atomic E-state index is 0.129. The molecule has 3 N–H and O–H groups in total. The molecule has 2 aromatic carbocycles. The Labute approximate surface area is 122 Å². The quantitative estimate of drug-likeness (QED) is 0.850. The Morgan fingerprint density at radius 2 is 2.05 bits per heavy atom. The Morgan fingerprint density at radius 3 is 2.76 bits per heavy atom. The lowest BCUT2D eigenvalue weighted by Gasteiger charge is -2.16. The molecule has 0 unspecified atom stereocenters. The number of hydrogen-bond donors (Lipinski definition) is 2. The minimum atomic E-state index is -0.497. The number of anilines is 1. The number of nitrogens with one attached hydrogen (secondary N) is 1. The molecule has 0 radical (unpaired) electrons. The topological polar surface area (TPSA) is 64.3 Å². The van der Waals surface area contributed by atoms with Crippen molar-refractivity contribution < 1.29 is 13.9 Å². The molecule has 2 rings (SSSR count). The summed E-state index contributed by atoms with van der Waals surface area (Å²) in [5.74, 6) is -0.204. The van der Waals surface area contributed by atoms with Crippen LogP contribution in [0.4, 0.5) is 10.1 Å². The number of ether oxygens (including phenoxy) is 1. The standard InChI is InChI=1S/C16H17FN2O2/c1-10(11-4-3-5-13(8-11)21-2)19-16(20)14-9-12(17)6-7-15(14)18/h3-10H,18H2,1-2H3,(H,19,20)/t10-/m0/s1. The molecule has 0 heterocycles. The summed E-state index contributed by atoms with van der Waals surface area (Å²) in [5.41, 5.74) is 6.96. The van der Waals surface area contributed by atoms with Crippen LogP contribution in [0.15, 0.2) is 42.5 Å². The monoisotopic (exact) mass is 288 g/mol. The van der Waals surface area contributed by atoms with Crippen molar-refractivity contribution >= 4 is 11.6 Å². The lowest BCUT2D eigenvalue weighted by atomic mass is 10.1. The van der Waals surface area contributed by atoms with E-state index in [1.54, 1.807) is 7.11 Å². The van der Waals surface area contributed by atoms with Gasteiger partial charge in [0.25, 0.3) is 5.91 Å². The van der Waals surface area contributed by atoms with Gasteiger partial charge in [-0.05, 0) is 42.8 Å². The summed E-state index contributed by atoms with van der Waals surface area (Å²) in [7, 11) is 1.58. The molecular weight excluding hydrogens is 271 g/mol. The molecule has 0 fully saturated rings. The van der Waals surface area contributed by atoms with Crippen LogP contribution in [0, 0.1) is 5.82 Å². The fraction of sp³-hybridized carbons (Fsp3) is 0.188. The van der Waals surface area contributed by atoms with Gasteiger partial charge in [-0.2, -0.15) is 0 Å². The van der Waals surface area contributed by atoms with E-state index in [4.69, 9.17) is 10.5 Å². The third-order valence-electron chi connectivity index (χ3n) is 3.20. The van der Waals surface area contributed by atoms with Gasteiger partial charge in [-0.15, -0.1) is 0 Å². The van der Waals surface area contributed by atoms with Gasteiger partial charge in [0.15, 0.2) is 0 Å². The maximum absolute atomic E-state index is 13.2. The Balaban J connectivity index is 2.16. The predicted octanol–water partition coefficient (Wildman–Crippen LogP) is 2.91. The maximum Gasteiger partial charge on any atom is 0.253 e. The van der Waals surface area contributed by atoms with Crippen molar-refractivity contribution in [2.75, 3.05) is 12.8 Å². The highest BCUT2D eigenvalue weighted by molar-refractivity contribution is 5.99. The van der Waals surface area contributed by atoms with Crippen molar-refractivity contribution in [1.82, 2.24) is 5.32 Å². The molecule has 4 nitrogen and oxygen atoms in total. The second-order valence-corrected chi connectivity index (χ2v) is 4.70. The Hall–Kier alpha value is -2.56. The maximum atomic E-state index is 13.2. The van der Waals surface area contributed by atoms with E-state index in [0.29, 0.717) is 5.75 Å². The predicted molar refractivity (Wildman–Crippen MR) is 79.7 cm³/mol. The number of halogens is 1. The molecule has 21 heavy (non-hydrogen) atoms. The smallest absolute Gasteiger partial charge is 0.253 e. The van der Waals surface area contributed by atoms with E-state index in [2.05, 4.69) is 5.32 Å². The second-order valence-electron chi connectivity index (χ2n) is 4.70. The molecule has 0 bridgehead atoms. The number of methoxy groups -OCH3 is 1. The van der Waals surface area contributed by atoms with E-state index in [0.717, 1.165) is 11.6 Å². The zero-order valence-electron chi connectivity index (χ0n) is 11.9. The highest BCUT2D eigenvalue weighted by Gasteiger charge is 2.15. The number of hydrogen-bond acceptors (Lipinski definition) is 3. The first-order valence-corrected chi connectivity index (χ1v) is 6.51. The Bertz CT molecular complexity index is 658. The zero-order valence-corrected chi connectivity index (χ0v) is 11.9. The number of carbonyl (C=O) groups excluding carboxylic acids is 1. The Morgan fingerprint density at radius 1 is 1.29 bits per heavy atom. The van der Waals surface area contributed by atoms with Crippen LogP contribution in [0.25, 0.3) is 0 Å². The number of nitrogen functional groups attached to an aromatic ring is 1. The van der Waals surface area contributed by atoms with Crippen LogP contribution < -0.4 is 15.8 Å². The molecular formula is C16H17FN2O2. The van der Waals surface area contributed by atoms with Crippen LogP contribution in [-0.4, -0.2) is 13.0 Å². The average molecular weight is 288 g/mol. The van der Waals surface area contributed by atoms with Crippen LogP contribution in [0.1, 0.15) is 28.9 Å². The Kier molecular flexibility index (Phi) is 4.42. The van der Waals surface area contributed by atoms with Gasteiger partial charge in [-0.25, -0.2) is 4.39 Å². The molecule has 0 spiro atoms. The molecule has 5 heteroatoms. The average Bonchev–Trinajstić information content (AvgIpc) is 2.49. The lowest BCUT2D eigenvalue weighted by molar-refractivity contribution is 0.0940. The molecule has 2 aromatic rings. The van der Waals surface area contributed by atoms with Gasteiger partial charge in [-0.3, -0.25) is 4.79 Å². The van der Waals surface area contributed by atoms with Gasteiger partial charge in [-0.1, -0.05) is 12.1 Å². The van der Waals surface area contributed by atoms with Crippen molar-refractivity contribution in [2.24, 2.45) is 0 Å². The van der Waals surface area contributed by atoms with E-state index >= 15 is 0 Å². The van der Waals surface area contributed by atoms with E-state index in [-0.39, 0.29) is 17.3 Å². The molecule has 0 aromatic heterocycles. The van der Waals surface area contributed by atoms with Gasteiger partial charge in [0.1, 0.15) is 11.6 Å². The van der Waals surface area contributed by atoms with Gasteiger partial charge < -0.3 is 15.8 Å². The van der Waals surface area contributed by atoms with E-state index in [1.165, 1.54) is 12.1 Å². The van der Waals surface area contributed by atoms with Gasteiger partial charge >= 0.3 is 0 Å². The van der Waals surface area contributed by atoms with Crippen molar-refractivity contribution in [3.63, 3.8) is 0 Å². The van der Waals surface area contributed by atoms with Gasteiger partial charge in [0.2, 0.25) is 0 Å². The molecule has 1 amide bonds. The van der Waals surface area contributed by atoms with Crippen molar-refractivity contribution in [3.8, 4) is 5.75 Å². The number of amides is 1. The van der Waals surface area contributed by atoms with Gasteiger partial charge in [0.05, 0.1) is 18.7 Å². The van der Waals surface area contributed by atoms with Crippen LogP contribution in [0.5, 0.6) is 5.75 Å². The normalized spacial score (nSPS) is 11.8.